The Morgan fingerprint density at radius 3 is 2.27 bits per heavy atom. The van der Waals surface area contributed by atoms with Crippen molar-refractivity contribution in [1.82, 2.24) is 4.98 Å². The van der Waals surface area contributed by atoms with Crippen molar-refractivity contribution in [3.63, 3.8) is 0 Å². The monoisotopic (exact) mass is 217 g/mol. The Morgan fingerprint density at radius 2 is 1.67 bits per heavy atom. The predicted molar refractivity (Wildman–Crippen MR) is 64.2 cm³/mol. The number of pyridine rings is 1. The number of nitrogens with zero attached hydrogens (tertiary/aromatic N) is 1. The molecule has 15 heavy (non-hydrogen) atoms. The van der Waals surface area contributed by atoms with E-state index >= 15 is 0 Å². The van der Waals surface area contributed by atoms with Gasteiger partial charge < -0.3 is 0 Å². The molecule has 2 aromatic rings. The standard InChI is InChI=1S/C13H12ClN/c1-9-7-12(8-15-10(9)2)11-3-5-13(14)6-4-11/h3-8H,1-2H3. The van der Waals surface area contributed by atoms with Gasteiger partial charge in [-0.3, -0.25) is 4.98 Å². The third kappa shape index (κ3) is 2.18. The average molecular weight is 218 g/mol. The predicted octanol–water partition coefficient (Wildman–Crippen LogP) is 4.02. The second-order valence-corrected chi connectivity index (χ2v) is 4.07. The lowest BCUT2D eigenvalue weighted by molar-refractivity contribution is 1.15. The van der Waals surface area contributed by atoms with E-state index in [4.69, 9.17) is 11.6 Å². The number of aromatic nitrogens is 1. The van der Waals surface area contributed by atoms with Crippen LogP contribution in [0, 0.1) is 13.8 Å². The topological polar surface area (TPSA) is 12.9 Å². The van der Waals surface area contributed by atoms with E-state index in [9.17, 15) is 0 Å². The molecule has 0 saturated carbocycles. The molecule has 1 heterocycles. The molecule has 1 aromatic heterocycles. The Labute approximate surface area is 94.7 Å². The van der Waals surface area contributed by atoms with Gasteiger partial charge in [0, 0.05) is 22.5 Å². The summed E-state index contributed by atoms with van der Waals surface area (Å²) in [5, 5.41) is 0.760. The molecule has 0 N–H and O–H groups in total. The summed E-state index contributed by atoms with van der Waals surface area (Å²) >= 11 is 5.84. The molecule has 0 amide bonds. The largest absolute Gasteiger partial charge is 0.261 e. The van der Waals surface area contributed by atoms with Gasteiger partial charge in [-0.1, -0.05) is 23.7 Å². The molecular weight excluding hydrogens is 206 g/mol. The number of hydrogen-bond donors (Lipinski definition) is 0. The molecule has 0 aliphatic rings. The van der Waals surface area contributed by atoms with E-state index in [1.54, 1.807) is 0 Å². The molecule has 0 atom stereocenters. The van der Waals surface area contributed by atoms with Gasteiger partial charge in [-0.15, -0.1) is 0 Å². The first-order valence-corrected chi connectivity index (χ1v) is 5.24. The van der Waals surface area contributed by atoms with Crippen molar-refractivity contribution in [3.8, 4) is 11.1 Å². The van der Waals surface area contributed by atoms with Crippen LogP contribution >= 0.6 is 11.6 Å². The van der Waals surface area contributed by atoms with Crippen LogP contribution in [-0.2, 0) is 0 Å². The highest BCUT2D eigenvalue weighted by atomic mass is 35.5. The smallest absolute Gasteiger partial charge is 0.0406 e. The average Bonchev–Trinajstić information content (AvgIpc) is 2.23. The molecule has 0 bridgehead atoms. The van der Waals surface area contributed by atoms with Gasteiger partial charge in [0.05, 0.1) is 0 Å². The first kappa shape index (κ1) is 10.2. The van der Waals surface area contributed by atoms with E-state index in [0.29, 0.717) is 0 Å². The first-order valence-electron chi connectivity index (χ1n) is 4.86. The molecule has 1 aromatic carbocycles. The van der Waals surface area contributed by atoms with Crippen LogP contribution < -0.4 is 0 Å². The third-order valence-electron chi connectivity index (χ3n) is 2.52. The lowest BCUT2D eigenvalue weighted by Gasteiger charge is -2.04. The van der Waals surface area contributed by atoms with E-state index in [1.165, 1.54) is 5.56 Å². The van der Waals surface area contributed by atoms with Crippen LogP contribution in [0.1, 0.15) is 11.3 Å². The molecule has 0 radical (unpaired) electrons. The van der Waals surface area contributed by atoms with Crippen LogP contribution in [-0.4, -0.2) is 4.98 Å². The number of benzene rings is 1. The highest BCUT2D eigenvalue weighted by Gasteiger charge is 2.00. The highest BCUT2D eigenvalue weighted by Crippen LogP contribution is 2.22. The number of aryl methyl sites for hydroxylation is 2. The van der Waals surface area contributed by atoms with E-state index in [0.717, 1.165) is 21.8 Å². The van der Waals surface area contributed by atoms with Crippen molar-refractivity contribution in [2.75, 3.05) is 0 Å². The third-order valence-corrected chi connectivity index (χ3v) is 2.77. The molecular formula is C13H12ClN. The van der Waals surface area contributed by atoms with Crippen LogP contribution in [0.3, 0.4) is 0 Å². The molecule has 0 aliphatic heterocycles. The summed E-state index contributed by atoms with van der Waals surface area (Å²) in [5.41, 5.74) is 4.57. The summed E-state index contributed by atoms with van der Waals surface area (Å²) in [7, 11) is 0. The quantitative estimate of drug-likeness (QED) is 0.703. The van der Waals surface area contributed by atoms with Crippen molar-refractivity contribution >= 4 is 11.6 Å². The Bertz CT molecular complexity index is 474. The summed E-state index contributed by atoms with van der Waals surface area (Å²) in [4.78, 5) is 4.34. The van der Waals surface area contributed by atoms with Crippen LogP contribution in [0.2, 0.25) is 5.02 Å². The van der Waals surface area contributed by atoms with Crippen molar-refractivity contribution < 1.29 is 0 Å². The van der Waals surface area contributed by atoms with Gasteiger partial charge in [0.15, 0.2) is 0 Å². The lowest BCUT2D eigenvalue weighted by atomic mass is 10.1. The molecule has 2 rings (SSSR count). The SMILES string of the molecule is Cc1cc(-c2ccc(Cl)cc2)cnc1C. The fraction of sp³-hybridized carbons (Fsp3) is 0.154. The maximum absolute atomic E-state index is 5.84. The van der Waals surface area contributed by atoms with Gasteiger partial charge in [-0.2, -0.15) is 0 Å². The van der Waals surface area contributed by atoms with Crippen molar-refractivity contribution in [3.05, 3.63) is 52.8 Å². The number of hydrogen-bond acceptors (Lipinski definition) is 1. The normalized spacial score (nSPS) is 10.3. The molecule has 1 nitrogen and oxygen atoms in total. The first-order chi connectivity index (χ1) is 7.16. The minimum absolute atomic E-state index is 0.760. The maximum Gasteiger partial charge on any atom is 0.0406 e. The van der Waals surface area contributed by atoms with Gasteiger partial charge in [-0.05, 0) is 43.2 Å². The Kier molecular flexibility index (Phi) is 2.74. The van der Waals surface area contributed by atoms with Crippen LogP contribution in [0.25, 0.3) is 11.1 Å². The second kappa shape index (κ2) is 4.03. The summed E-state index contributed by atoms with van der Waals surface area (Å²) in [6, 6.07) is 9.95. The van der Waals surface area contributed by atoms with E-state index in [2.05, 4.69) is 18.0 Å². The molecule has 0 aliphatic carbocycles. The minimum atomic E-state index is 0.760. The fourth-order valence-corrected chi connectivity index (χ4v) is 1.57. The maximum atomic E-state index is 5.84. The van der Waals surface area contributed by atoms with Gasteiger partial charge in [0.25, 0.3) is 0 Å². The summed E-state index contributed by atoms with van der Waals surface area (Å²) in [5.74, 6) is 0. The highest BCUT2D eigenvalue weighted by molar-refractivity contribution is 6.30. The molecule has 0 saturated heterocycles. The summed E-state index contributed by atoms with van der Waals surface area (Å²) in [6.45, 7) is 4.09. The van der Waals surface area contributed by atoms with Gasteiger partial charge in [0.1, 0.15) is 0 Å². The van der Waals surface area contributed by atoms with Crippen molar-refractivity contribution in [2.45, 2.75) is 13.8 Å². The number of rotatable bonds is 1. The molecule has 0 fully saturated rings. The number of halogens is 1. The Balaban J connectivity index is 2.45. The lowest BCUT2D eigenvalue weighted by Crippen LogP contribution is -1.87. The minimum Gasteiger partial charge on any atom is -0.261 e. The zero-order chi connectivity index (χ0) is 10.8. The van der Waals surface area contributed by atoms with Crippen LogP contribution in [0.5, 0.6) is 0 Å². The Hall–Kier alpha value is -1.34. The van der Waals surface area contributed by atoms with Crippen LogP contribution in [0.4, 0.5) is 0 Å². The molecule has 0 unspecified atom stereocenters. The van der Waals surface area contributed by atoms with Gasteiger partial charge >= 0.3 is 0 Å². The zero-order valence-electron chi connectivity index (χ0n) is 8.79. The molecule has 0 spiro atoms. The Morgan fingerprint density at radius 1 is 1.00 bits per heavy atom. The fourth-order valence-electron chi connectivity index (χ4n) is 1.44. The molecule has 76 valence electrons. The summed E-state index contributed by atoms with van der Waals surface area (Å²) < 4.78 is 0. The second-order valence-electron chi connectivity index (χ2n) is 3.63. The van der Waals surface area contributed by atoms with Crippen LogP contribution in [0.15, 0.2) is 36.5 Å². The van der Waals surface area contributed by atoms with E-state index in [1.807, 2.05) is 37.4 Å². The van der Waals surface area contributed by atoms with Crippen molar-refractivity contribution in [1.29, 1.82) is 0 Å². The van der Waals surface area contributed by atoms with E-state index in [-0.39, 0.29) is 0 Å². The molecule has 2 heteroatoms. The van der Waals surface area contributed by atoms with Gasteiger partial charge in [-0.25, -0.2) is 0 Å². The zero-order valence-corrected chi connectivity index (χ0v) is 9.55. The van der Waals surface area contributed by atoms with E-state index < -0.39 is 0 Å². The van der Waals surface area contributed by atoms with Gasteiger partial charge in [0.2, 0.25) is 0 Å². The summed E-state index contributed by atoms with van der Waals surface area (Å²) in [6.07, 6.45) is 1.89. The van der Waals surface area contributed by atoms with Crippen molar-refractivity contribution in [2.24, 2.45) is 0 Å².